The minimum Gasteiger partial charge on any atom is -0.310 e. The molecule has 0 radical (unpaired) electrons. The van der Waals surface area contributed by atoms with Gasteiger partial charge in [-0.2, -0.15) is 11.8 Å². The number of hydrogen-bond donors (Lipinski definition) is 1. The molecule has 0 aromatic heterocycles. The van der Waals surface area contributed by atoms with Gasteiger partial charge in [0.15, 0.2) is 0 Å². The van der Waals surface area contributed by atoms with Crippen LogP contribution in [0.3, 0.4) is 0 Å². The van der Waals surface area contributed by atoms with Gasteiger partial charge < -0.3 is 15.1 Å². The number of hydrogen-bond acceptors (Lipinski definition) is 4. The lowest BCUT2D eigenvalue weighted by Gasteiger charge is -2.35. The van der Waals surface area contributed by atoms with E-state index in [2.05, 4.69) is 26.9 Å². The summed E-state index contributed by atoms with van der Waals surface area (Å²) in [5.41, 5.74) is 0. The van der Waals surface area contributed by atoms with E-state index >= 15 is 0 Å². The van der Waals surface area contributed by atoms with E-state index in [1.54, 1.807) is 0 Å². The quantitative estimate of drug-likeness (QED) is 0.809. The topological polar surface area (TPSA) is 18.5 Å². The van der Waals surface area contributed by atoms with Crippen molar-refractivity contribution in [1.82, 2.24) is 15.1 Å². The van der Waals surface area contributed by atoms with Gasteiger partial charge in [0.1, 0.15) is 0 Å². The zero-order chi connectivity index (χ0) is 12.2. The Balaban J connectivity index is 1.35. The average Bonchev–Trinajstić information content (AvgIpc) is 3.22. The van der Waals surface area contributed by atoms with Crippen LogP contribution in [0.4, 0.5) is 0 Å². The summed E-state index contributed by atoms with van der Waals surface area (Å²) in [6.07, 6.45) is 5.62. The maximum absolute atomic E-state index is 3.80. The Labute approximate surface area is 116 Å². The van der Waals surface area contributed by atoms with Crippen molar-refractivity contribution in [3.8, 4) is 0 Å². The van der Waals surface area contributed by atoms with Crippen molar-refractivity contribution >= 4 is 11.8 Å². The van der Waals surface area contributed by atoms with Crippen molar-refractivity contribution < 1.29 is 0 Å². The third-order valence-corrected chi connectivity index (χ3v) is 5.33. The van der Waals surface area contributed by atoms with Gasteiger partial charge in [0.2, 0.25) is 0 Å². The van der Waals surface area contributed by atoms with Gasteiger partial charge in [-0.25, -0.2) is 0 Å². The number of rotatable bonds is 5. The molecule has 1 saturated carbocycles. The van der Waals surface area contributed by atoms with Crippen LogP contribution in [0.25, 0.3) is 0 Å². The highest BCUT2D eigenvalue weighted by molar-refractivity contribution is 7.99. The Bertz CT molecular complexity index is 251. The van der Waals surface area contributed by atoms with Crippen molar-refractivity contribution in [2.24, 2.45) is 0 Å². The van der Waals surface area contributed by atoms with Crippen LogP contribution in [-0.4, -0.2) is 72.7 Å². The fourth-order valence-corrected chi connectivity index (χ4v) is 4.06. The fraction of sp³-hybridized carbons (Fsp3) is 1.00. The minimum absolute atomic E-state index is 0.781. The smallest absolute Gasteiger partial charge is 0.0198 e. The highest BCUT2D eigenvalue weighted by Gasteiger charge is 2.27. The molecule has 2 heterocycles. The van der Waals surface area contributed by atoms with Crippen molar-refractivity contribution in [2.45, 2.75) is 37.8 Å². The van der Waals surface area contributed by atoms with Crippen molar-refractivity contribution in [3.63, 3.8) is 0 Å². The molecule has 0 aromatic carbocycles. The molecular formula is C14H27N3S. The van der Waals surface area contributed by atoms with Gasteiger partial charge >= 0.3 is 0 Å². The Kier molecular flexibility index (Phi) is 4.85. The molecule has 1 unspecified atom stereocenters. The molecular weight excluding hydrogens is 242 g/mol. The van der Waals surface area contributed by atoms with Gasteiger partial charge in [-0.05, 0) is 32.2 Å². The Hall–Kier alpha value is 0.230. The summed E-state index contributed by atoms with van der Waals surface area (Å²) in [6, 6.07) is 1.65. The first-order valence-corrected chi connectivity index (χ1v) is 8.84. The van der Waals surface area contributed by atoms with Gasteiger partial charge in [0.05, 0.1) is 0 Å². The van der Waals surface area contributed by atoms with Crippen LogP contribution in [0.2, 0.25) is 0 Å². The lowest BCUT2D eigenvalue weighted by atomic mass is 10.1. The summed E-state index contributed by atoms with van der Waals surface area (Å²) in [4.78, 5) is 5.33. The molecule has 2 saturated heterocycles. The van der Waals surface area contributed by atoms with E-state index in [0.29, 0.717) is 0 Å². The first-order chi connectivity index (χ1) is 8.90. The molecule has 1 aliphatic carbocycles. The molecule has 3 rings (SSSR count). The van der Waals surface area contributed by atoms with Crippen LogP contribution in [0.1, 0.15) is 25.7 Å². The van der Waals surface area contributed by atoms with Crippen LogP contribution in [0, 0.1) is 0 Å². The van der Waals surface area contributed by atoms with Gasteiger partial charge in [0, 0.05) is 56.3 Å². The molecule has 2 aliphatic heterocycles. The molecule has 3 aliphatic rings. The number of thioether (sulfide) groups is 1. The van der Waals surface area contributed by atoms with E-state index in [4.69, 9.17) is 0 Å². The SMILES string of the molecule is C1CC(NC2CC2)CN(CCN2CCSCC2)C1. The van der Waals surface area contributed by atoms with Crippen molar-refractivity contribution in [3.05, 3.63) is 0 Å². The zero-order valence-corrected chi connectivity index (χ0v) is 12.3. The van der Waals surface area contributed by atoms with E-state index in [1.165, 1.54) is 76.5 Å². The van der Waals surface area contributed by atoms with E-state index in [-0.39, 0.29) is 0 Å². The zero-order valence-electron chi connectivity index (χ0n) is 11.4. The molecule has 3 nitrogen and oxygen atoms in total. The summed E-state index contributed by atoms with van der Waals surface area (Å²) >= 11 is 2.11. The molecule has 18 heavy (non-hydrogen) atoms. The highest BCUT2D eigenvalue weighted by atomic mass is 32.2. The molecule has 0 aromatic rings. The second kappa shape index (κ2) is 6.60. The van der Waals surface area contributed by atoms with Gasteiger partial charge in [-0.3, -0.25) is 0 Å². The van der Waals surface area contributed by atoms with E-state index in [0.717, 1.165) is 12.1 Å². The monoisotopic (exact) mass is 269 g/mol. The standard InChI is InChI=1S/C14H27N3S/c1-2-14(15-13-3-4-13)12-17(5-1)7-6-16-8-10-18-11-9-16/h13-15H,1-12H2. The molecule has 4 heteroatoms. The molecule has 0 amide bonds. The summed E-state index contributed by atoms with van der Waals surface area (Å²) in [7, 11) is 0. The molecule has 0 spiro atoms. The van der Waals surface area contributed by atoms with E-state index < -0.39 is 0 Å². The number of nitrogens with zero attached hydrogens (tertiary/aromatic N) is 2. The van der Waals surface area contributed by atoms with Crippen LogP contribution in [0.15, 0.2) is 0 Å². The first-order valence-electron chi connectivity index (χ1n) is 7.69. The minimum atomic E-state index is 0.781. The second-order valence-electron chi connectivity index (χ2n) is 6.03. The average molecular weight is 269 g/mol. The first kappa shape index (κ1) is 13.2. The number of nitrogens with one attached hydrogen (secondary N) is 1. The third kappa shape index (κ3) is 4.12. The number of piperidine rings is 1. The summed E-state index contributed by atoms with van der Waals surface area (Å²) in [6.45, 7) is 7.80. The summed E-state index contributed by atoms with van der Waals surface area (Å²) < 4.78 is 0. The maximum Gasteiger partial charge on any atom is 0.0198 e. The molecule has 1 N–H and O–H groups in total. The van der Waals surface area contributed by atoms with Crippen molar-refractivity contribution in [2.75, 3.05) is 50.8 Å². The highest BCUT2D eigenvalue weighted by Crippen LogP contribution is 2.22. The molecule has 0 bridgehead atoms. The fourth-order valence-electron chi connectivity index (χ4n) is 3.09. The lowest BCUT2D eigenvalue weighted by molar-refractivity contribution is 0.163. The van der Waals surface area contributed by atoms with Crippen LogP contribution in [-0.2, 0) is 0 Å². The molecule has 1 atom stereocenters. The van der Waals surface area contributed by atoms with E-state index in [9.17, 15) is 0 Å². The lowest BCUT2D eigenvalue weighted by Crippen LogP contribution is -2.48. The Morgan fingerprint density at radius 1 is 0.889 bits per heavy atom. The second-order valence-corrected chi connectivity index (χ2v) is 7.26. The molecule has 104 valence electrons. The largest absolute Gasteiger partial charge is 0.310 e. The Morgan fingerprint density at radius 2 is 1.67 bits per heavy atom. The molecule has 3 fully saturated rings. The van der Waals surface area contributed by atoms with Gasteiger partial charge in [0.25, 0.3) is 0 Å². The maximum atomic E-state index is 3.80. The predicted molar refractivity (Wildman–Crippen MR) is 79.4 cm³/mol. The Morgan fingerprint density at radius 3 is 2.44 bits per heavy atom. The van der Waals surface area contributed by atoms with Gasteiger partial charge in [-0.1, -0.05) is 0 Å². The van der Waals surface area contributed by atoms with Crippen LogP contribution < -0.4 is 5.32 Å². The third-order valence-electron chi connectivity index (χ3n) is 4.39. The summed E-state index contributed by atoms with van der Waals surface area (Å²) in [5, 5.41) is 3.80. The normalized spacial score (nSPS) is 31.7. The van der Waals surface area contributed by atoms with Gasteiger partial charge in [-0.15, -0.1) is 0 Å². The van der Waals surface area contributed by atoms with Crippen molar-refractivity contribution in [1.29, 1.82) is 0 Å². The van der Waals surface area contributed by atoms with E-state index in [1.807, 2.05) is 0 Å². The summed E-state index contributed by atoms with van der Waals surface area (Å²) in [5.74, 6) is 2.68. The van der Waals surface area contributed by atoms with Crippen LogP contribution >= 0.6 is 11.8 Å². The predicted octanol–water partition coefficient (Wildman–Crippen LogP) is 1.25. The number of likely N-dealkylation sites (tertiary alicyclic amines) is 1. The van der Waals surface area contributed by atoms with Crippen LogP contribution in [0.5, 0.6) is 0 Å².